The molecule has 1 aromatic carbocycles. The summed E-state index contributed by atoms with van der Waals surface area (Å²) in [6.45, 7) is 6.63. The molecule has 88 valence electrons. The fraction of sp³-hybridized carbons (Fsp3) is 0.462. The fourth-order valence-electron chi connectivity index (χ4n) is 1.57. The molecule has 0 heterocycles. The first-order valence-electron chi connectivity index (χ1n) is 5.42. The van der Waals surface area contributed by atoms with Crippen LogP contribution in [0.25, 0.3) is 0 Å². The number of aryl methyl sites for hydroxylation is 2. The van der Waals surface area contributed by atoms with Gasteiger partial charge in [-0.1, -0.05) is 23.8 Å². The van der Waals surface area contributed by atoms with Crippen molar-refractivity contribution in [1.82, 2.24) is 5.32 Å². The summed E-state index contributed by atoms with van der Waals surface area (Å²) in [4.78, 5) is 11.2. The van der Waals surface area contributed by atoms with E-state index in [-0.39, 0.29) is 12.0 Å². The third-order valence-corrected chi connectivity index (χ3v) is 2.65. The van der Waals surface area contributed by atoms with Crippen molar-refractivity contribution in [1.29, 1.82) is 0 Å². The Labute approximate surface area is 96.8 Å². The molecule has 1 N–H and O–H groups in total. The molecule has 1 rings (SSSR count). The van der Waals surface area contributed by atoms with Crippen LogP contribution < -0.4 is 5.32 Å². The predicted octanol–water partition coefficient (Wildman–Crippen LogP) is 1.95. The summed E-state index contributed by atoms with van der Waals surface area (Å²) in [6.07, 6.45) is 0. The van der Waals surface area contributed by atoms with Gasteiger partial charge in [0.25, 0.3) is 0 Å². The molecule has 0 aliphatic rings. The highest BCUT2D eigenvalue weighted by Crippen LogP contribution is 2.10. The number of esters is 1. The van der Waals surface area contributed by atoms with Crippen LogP contribution >= 0.6 is 0 Å². The Hall–Kier alpha value is -1.35. The molecule has 0 fully saturated rings. The molecule has 16 heavy (non-hydrogen) atoms. The molecule has 0 radical (unpaired) electrons. The van der Waals surface area contributed by atoms with Crippen LogP contribution in [0.5, 0.6) is 0 Å². The molecule has 0 saturated heterocycles. The maximum absolute atomic E-state index is 11.2. The quantitative estimate of drug-likeness (QED) is 0.790. The van der Waals surface area contributed by atoms with Crippen molar-refractivity contribution in [3.8, 4) is 0 Å². The molecule has 0 aromatic heterocycles. The van der Waals surface area contributed by atoms with Crippen LogP contribution in [0.3, 0.4) is 0 Å². The molecular formula is C13H19NO2. The predicted molar refractivity (Wildman–Crippen MR) is 64.2 cm³/mol. The first-order chi connectivity index (χ1) is 7.54. The molecule has 3 heteroatoms. The van der Waals surface area contributed by atoms with E-state index in [0.717, 1.165) is 0 Å². The highest BCUT2D eigenvalue weighted by atomic mass is 16.5. The van der Waals surface area contributed by atoms with Gasteiger partial charge < -0.3 is 10.1 Å². The van der Waals surface area contributed by atoms with E-state index >= 15 is 0 Å². The summed E-state index contributed by atoms with van der Waals surface area (Å²) in [6, 6.07) is 6.03. The topological polar surface area (TPSA) is 38.3 Å². The lowest BCUT2D eigenvalue weighted by molar-refractivity contribution is -0.142. The number of hydrogen-bond donors (Lipinski definition) is 1. The number of ether oxygens (including phenoxy) is 1. The molecular weight excluding hydrogens is 202 g/mol. The SMILES string of the molecule is COC(=O)C(C)NCc1ccc(C)cc1C. The highest BCUT2D eigenvalue weighted by Gasteiger charge is 2.11. The Morgan fingerprint density at radius 3 is 2.69 bits per heavy atom. The van der Waals surface area contributed by atoms with E-state index in [2.05, 4.69) is 42.1 Å². The smallest absolute Gasteiger partial charge is 0.322 e. The van der Waals surface area contributed by atoms with Crippen molar-refractivity contribution in [3.05, 3.63) is 34.9 Å². The second-order valence-corrected chi connectivity index (χ2v) is 4.06. The van der Waals surface area contributed by atoms with Crippen molar-refractivity contribution in [2.45, 2.75) is 33.4 Å². The maximum atomic E-state index is 11.2. The van der Waals surface area contributed by atoms with E-state index in [9.17, 15) is 4.79 Å². The molecule has 0 spiro atoms. The molecule has 3 nitrogen and oxygen atoms in total. The number of benzene rings is 1. The van der Waals surface area contributed by atoms with Crippen LogP contribution in [-0.4, -0.2) is 19.1 Å². The summed E-state index contributed by atoms with van der Waals surface area (Å²) in [7, 11) is 1.40. The number of hydrogen-bond acceptors (Lipinski definition) is 3. The standard InChI is InChI=1S/C13H19NO2/c1-9-5-6-12(10(2)7-9)8-14-11(3)13(15)16-4/h5-7,11,14H,8H2,1-4H3. The maximum Gasteiger partial charge on any atom is 0.322 e. The zero-order valence-electron chi connectivity index (χ0n) is 10.3. The largest absolute Gasteiger partial charge is 0.468 e. The van der Waals surface area contributed by atoms with Crippen LogP contribution in [0.15, 0.2) is 18.2 Å². The van der Waals surface area contributed by atoms with E-state index in [1.165, 1.54) is 23.8 Å². The van der Waals surface area contributed by atoms with Gasteiger partial charge in [-0.15, -0.1) is 0 Å². The molecule has 0 bridgehead atoms. The third kappa shape index (κ3) is 3.35. The van der Waals surface area contributed by atoms with Gasteiger partial charge in [0.05, 0.1) is 7.11 Å². The molecule has 0 saturated carbocycles. The monoisotopic (exact) mass is 221 g/mol. The Morgan fingerprint density at radius 2 is 2.12 bits per heavy atom. The lowest BCUT2D eigenvalue weighted by Crippen LogP contribution is -2.34. The van der Waals surface area contributed by atoms with Crippen molar-refractivity contribution in [2.24, 2.45) is 0 Å². The Morgan fingerprint density at radius 1 is 1.44 bits per heavy atom. The van der Waals surface area contributed by atoms with Crippen molar-refractivity contribution >= 4 is 5.97 Å². The first kappa shape index (κ1) is 12.7. The summed E-state index contributed by atoms with van der Waals surface area (Å²) in [5.41, 5.74) is 3.70. The van der Waals surface area contributed by atoms with Gasteiger partial charge in [-0.25, -0.2) is 0 Å². The zero-order chi connectivity index (χ0) is 12.1. The Bertz CT molecular complexity index is 374. The number of carbonyl (C=O) groups is 1. The number of carbonyl (C=O) groups excluding carboxylic acids is 1. The Balaban J connectivity index is 2.58. The number of rotatable bonds is 4. The van der Waals surface area contributed by atoms with E-state index in [4.69, 9.17) is 0 Å². The molecule has 1 atom stereocenters. The van der Waals surface area contributed by atoms with E-state index in [1.807, 2.05) is 0 Å². The van der Waals surface area contributed by atoms with Gasteiger partial charge in [0.15, 0.2) is 0 Å². The van der Waals surface area contributed by atoms with E-state index in [0.29, 0.717) is 6.54 Å². The van der Waals surface area contributed by atoms with Gasteiger partial charge in [0.1, 0.15) is 6.04 Å². The summed E-state index contributed by atoms with van der Waals surface area (Å²) in [5, 5.41) is 3.14. The van der Waals surface area contributed by atoms with Gasteiger partial charge in [0.2, 0.25) is 0 Å². The van der Waals surface area contributed by atoms with Gasteiger partial charge in [-0.3, -0.25) is 4.79 Å². The second-order valence-electron chi connectivity index (χ2n) is 4.06. The van der Waals surface area contributed by atoms with Crippen LogP contribution in [-0.2, 0) is 16.1 Å². The summed E-state index contributed by atoms with van der Waals surface area (Å²) in [5.74, 6) is -0.232. The lowest BCUT2D eigenvalue weighted by Gasteiger charge is -2.13. The van der Waals surface area contributed by atoms with Gasteiger partial charge in [-0.05, 0) is 31.9 Å². The summed E-state index contributed by atoms with van der Waals surface area (Å²) >= 11 is 0. The first-order valence-corrected chi connectivity index (χ1v) is 5.42. The molecule has 1 unspecified atom stereocenters. The second kappa shape index (κ2) is 5.66. The van der Waals surface area contributed by atoms with Crippen molar-refractivity contribution in [3.63, 3.8) is 0 Å². The van der Waals surface area contributed by atoms with Crippen LogP contribution in [0, 0.1) is 13.8 Å². The third-order valence-electron chi connectivity index (χ3n) is 2.65. The average molecular weight is 221 g/mol. The minimum Gasteiger partial charge on any atom is -0.468 e. The van der Waals surface area contributed by atoms with Gasteiger partial charge in [0, 0.05) is 6.54 Å². The van der Waals surface area contributed by atoms with Crippen LogP contribution in [0.4, 0.5) is 0 Å². The molecule has 1 aromatic rings. The van der Waals surface area contributed by atoms with Crippen molar-refractivity contribution in [2.75, 3.05) is 7.11 Å². The Kier molecular flexibility index (Phi) is 4.50. The molecule has 0 aliphatic carbocycles. The molecule has 0 amide bonds. The van der Waals surface area contributed by atoms with Gasteiger partial charge in [-0.2, -0.15) is 0 Å². The fourth-order valence-corrected chi connectivity index (χ4v) is 1.57. The lowest BCUT2D eigenvalue weighted by atomic mass is 10.1. The zero-order valence-corrected chi connectivity index (χ0v) is 10.3. The van der Waals surface area contributed by atoms with Gasteiger partial charge >= 0.3 is 5.97 Å². The van der Waals surface area contributed by atoms with Crippen LogP contribution in [0.1, 0.15) is 23.6 Å². The normalized spacial score (nSPS) is 12.2. The van der Waals surface area contributed by atoms with Crippen LogP contribution in [0.2, 0.25) is 0 Å². The molecule has 0 aliphatic heterocycles. The summed E-state index contributed by atoms with van der Waals surface area (Å²) < 4.78 is 4.65. The van der Waals surface area contributed by atoms with E-state index in [1.54, 1.807) is 6.92 Å². The van der Waals surface area contributed by atoms with E-state index < -0.39 is 0 Å². The number of methoxy groups -OCH3 is 1. The minimum atomic E-state index is -0.272. The highest BCUT2D eigenvalue weighted by molar-refractivity contribution is 5.75. The van der Waals surface area contributed by atoms with Crippen molar-refractivity contribution < 1.29 is 9.53 Å². The minimum absolute atomic E-state index is 0.232. The average Bonchev–Trinajstić information content (AvgIpc) is 2.26. The number of nitrogens with one attached hydrogen (secondary N) is 1.